The van der Waals surface area contributed by atoms with E-state index in [1.165, 1.54) is 18.2 Å². The molecule has 0 aliphatic heterocycles. The van der Waals surface area contributed by atoms with Crippen LogP contribution in [0.2, 0.25) is 5.02 Å². The molecule has 1 N–H and O–H groups in total. The SMILES string of the molecule is CCc1ccc(Oc2ccc([N+](=O)[O-])c(Cl)c2)cc1C1=C(O)[C@@H]2CC[C@](C)(C1=O)C2(C)C. The Kier molecular flexibility index (Phi) is 5.32. The summed E-state index contributed by atoms with van der Waals surface area (Å²) in [7, 11) is 0. The molecule has 4 rings (SSSR count). The Balaban J connectivity index is 1.77. The lowest BCUT2D eigenvalue weighted by Gasteiger charge is -2.45. The van der Waals surface area contributed by atoms with Crippen molar-refractivity contribution in [2.75, 3.05) is 0 Å². The predicted octanol–water partition coefficient (Wildman–Crippen LogP) is 6.90. The van der Waals surface area contributed by atoms with Crippen LogP contribution in [0, 0.1) is 26.9 Å². The maximum atomic E-state index is 13.7. The number of halogens is 1. The summed E-state index contributed by atoms with van der Waals surface area (Å²) in [5, 5.41) is 22.2. The number of nitro benzene ring substituents is 1. The molecule has 32 heavy (non-hydrogen) atoms. The number of hydrogen-bond acceptors (Lipinski definition) is 5. The summed E-state index contributed by atoms with van der Waals surface area (Å²) in [6, 6.07) is 9.58. The van der Waals surface area contributed by atoms with Gasteiger partial charge < -0.3 is 9.84 Å². The third-order valence-corrected chi connectivity index (χ3v) is 7.93. The van der Waals surface area contributed by atoms with Gasteiger partial charge in [-0.2, -0.15) is 0 Å². The van der Waals surface area contributed by atoms with Crippen molar-refractivity contribution in [3.63, 3.8) is 0 Å². The summed E-state index contributed by atoms with van der Waals surface area (Å²) in [5.41, 5.74) is 0.958. The average Bonchev–Trinajstić information content (AvgIpc) is 2.91. The first-order chi connectivity index (χ1) is 15.0. The van der Waals surface area contributed by atoms with Crippen molar-refractivity contribution in [3.8, 4) is 11.5 Å². The number of benzene rings is 2. The van der Waals surface area contributed by atoms with Gasteiger partial charge in [-0.15, -0.1) is 0 Å². The van der Waals surface area contributed by atoms with Gasteiger partial charge in [0.25, 0.3) is 5.69 Å². The molecule has 2 aromatic rings. The number of ether oxygens (including phenoxy) is 1. The lowest BCUT2D eigenvalue weighted by molar-refractivity contribution is -0.384. The number of hydrogen-bond donors (Lipinski definition) is 1. The van der Waals surface area contributed by atoms with Crippen molar-refractivity contribution in [2.45, 2.75) is 47.0 Å². The van der Waals surface area contributed by atoms with E-state index in [1.54, 1.807) is 12.1 Å². The van der Waals surface area contributed by atoms with Gasteiger partial charge in [-0.1, -0.05) is 45.4 Å². The van der Waals surface area contributed by atoms with Gasteiger partial charge in [0, 0.05) is 23.5 Å². The van der Waals surface area contributed by atoms with Crippen molar-refractivity contribution >= 4 is 28.6 Å². The number of nitro groups is 1. The molecule has 0 aromatic heterocycles. The van der Waals surface area contributed by atoms with Gasteiger partial charge in [-0.3, -0.25) is 14.9 Å². The third kappa shape index (κ3) is 3.20. The van der Waals surface area contributed by atoms with Crippen LogP contribution in [0.1, 0.15) is 51.7 Å². The number of fused-ring (bicyclic) bond motifs is 2. The molecule has 168 valence electrons. The Morgan fingerprint density at radius 1 is 1.19 bits per heavy atom. The van der Waals surface area contributed by atoms with Gasteiger partial charge in [-0.05, 0) is 54.0 Å². The predicted molar refractivity (Wildman–Crippen MR) is 123 cm³/mol. The normalized spacial score (nSPS) is 24.0. The molecular formula is C25H26ClNO5. The van der Waals surface area contributed by atoms with Gasteiger partial charge in [0.1, 0.15) is 22.3 Å². The summed E-state index contributed by atoms with van der Waals surface area (Å²) >= 11 is 6.00. The number of aliphatic hydroxyl groups is 1. The van der Waals surface area contributed by atoms with Crippen LogP contribution in [-0.4, -0.2) is 15.8 Å². The maximum Gasteiger partial charge on any atom is 0.288 e. The van der Waals surface area contributed by atoms with Crippen molar-refractivity contribution < 1.29 is 19.6 Å². The first-order valence-corrected chi connectivity index (χ1v) is 11.1. The zero-order chi connectivity index (χ0) is 23.4. The van der Waals surface area contributed by atoms with E-state index in [9.17, 15) is 20.0 Å². The second kappa shape index (κ2) is 7.62. The molecule has 0 amide bonds. The molecule has 0 spiro atoms. The minimum Gasteiger partial charge on any atom is -0.511 e. The fourth-order valence-electron chi connectivity index (χ4n) is 5.21. The Hall–Kier alpha value is -2.86. The quantitative estimate of drug-likeness (QED) is 0.391. The van der Waals surface area contributed by atoms with E-state index < -0.39 is 10.3 Å². The van der Waals surface area contributed by atoms with Gasteiger partial charge >= 0.3 is 0 Å². The minimum atomic E-state index is -0.555. The Morgan fingerprint density at radius 3 is 2.47 bits per heavy atom. The maximum absolute atomic E-state index is 13.7. The average molecular weight is 456 g/mol. The largest absolute Gasteiger partial charge is 0.511 e. The first-order valence-electron chi connectivity index (χ1n) is 10.7. The van der Waals surface area contributed by atoms with Crippen LogP contribution in [0.25, 0.3) is 5.57 Å². The molecule has 0 saturated heterocycles. The molecule has 0 unspecified atom stereocenters. The zero-order valence-electron chi connectivity index (χ0n) is 18.6. The fraction of sp³-hybridized carbons (Fsp3) is 0.400. The molecule has 1 fully saturated rings. The van der Waals surface area contributed by atoms with E-state index in [0.29, 0.717) is 29.1 Å². The van der Waals surface area contributed by atoms with Crippen LogP contribution in [0.4, 0.5) is 5.69 Å². The summed E-state index contributed by atoms with van der Waals surface area (Å²) in [6.07, 6.45) is 2.22. The number of carbonyl (C=O) groups excluding carboxylic acids is 1. The van der Waals surface area contributed by atoms with Crippen molar-refractivity contribution in [2.24, 2.45) is 16.7 Å². The number of carbonyl (C=O) groups is 1. The van der Waals surface area contributed by atoms with E-state index in [2.05, 4.69) is 13.8 Å². The van der Waals surface area contributed by atoms with Crippen LogP contribution in [0.3, 0.4) is 0 Å². The lowest BCUT2D eigenvalue weighted by Crippen LogP contribution is -2.45. The molecule has 0 radical (unpaired) electrons. The standard InChI is InChI=1S/C25H26ClNO5/c1-5-14-6-7-15(32-16-8-9-20(27(30)31)19(26)13-16)12-17(14)21-22(28)18-10-11-25(4,23(21)29)24(18,2)3/h6-9,12-13,18,28H,5,10-11H2,1-4H3/t18-,25+/m0/s1. The molecule has 1 saturated carbocycles. The van der Waals surface area contributed by atoms with Crippen LogP contribution < -0.4 is 4.74 Å². The molecule has 2 atom stereocenters. The number of rotatable bonds is 5. The van der Waals surface area contributed by atoms with Crippen LogP contribution in [0.15, 0.2) is 42.2 Å². The molecular weight excluding hydrogens is 430 g/mol. The highest BCUT2D eigenvalue weighted by Crippen LogP contribution is 2.63. The monoisotopic (exact) mass is 455 g/mol. The number of nitrogens with zero attached hydrogens (tertiary/aromatic N) is 1. The molecule has 0 heterocycles. The highest BCUT2D eigenvalue weighted by Gasteiger charge is 2.61. The number of allylic oxidation sites excluding steroid dienone is 2. The summed E-state index contributed by atoms with van der Waals surface area (Å²) < 4.78 is 5.91. The first kappa shape index (κ1) is 22.3. The molecule has 2 aromatic carbocycles. The van der Waals surface area contributed by atoms with E-state index in [1.807, 2.05) is 19.9 Å². The Morgan fingerprint density at radius 2 is 1.84 bits per heavy atom. The topological polar surface area (TPSA) is 89.7 Å². The molecule has 7 heteroatoms. The summed E-state index contributed by atoms with van der Waals surface area (Å²) in [6.45, 7) is 8.13. The van der Waals surface area contributed by atoms with Gasteiger partial charge in [0.05, 0.1) is 10.5 Å². The van der Waals surface area contributed by atoms with Crippen LogP contribution in [-0.2, 0) is 11.2 Å². The molecule has 6 nitrogen and oxygen atoms in total. The summed E-state index contributed by atoms with van der Waals surface area (Å²) in [5.74, 6) is 0.872. The Labute approximate surface area is 192 Å². The minimum absolute atomic E-state index is 0.0209. The summed E-state index contributed by atoms with van der Waals surface area (Å²) in [4.78, 5) is 24.1. The van der Waals surface area contributed by atoms with Crippen molar-refractivity contribution in [3.05, 3.63) is 68.4 Å². The van der Waals surface area contributed by atoms with Gasteiger partial charge in [-0.25, -0.2) is 0 Å². The van der Waals surface area contributed by atoms with E-state index >= 15 is 0 Å². The van der Waals surface area contributed by atoms with E-state index in [0.717, 1.165) is 18.4 Å². The molecule has 2 aliphatic carbocycles. The van der Waals surface area contributed by atoms with Gasteiger partial charge in [0.15, 0.2) is 5.78 Å². The number of Topliss-reactive ketones (excluding diaryl/α,β-unsaturated/α-hetero) is 1. The van der Waals surface area contributed by atoms with E-state index in [-0.39, 0.29) is 33.6 Å². The third-order valence-electron chi connectivity index (χ3n) is 7.62. The fourth-order valence-corrected chi connectivity index (χ4v) is 5.45. The number of aliphatic hydroxyl groups excluding tert-OH is 1. The molecule has 2 aliphatic rings. The highest BCUT2D eigenvalue weighted by molar-refractivity contribution is 6.32. The highest BCUT2D eigenvalue weighted by atomic mass is 35.5. The molecule has 2 bridgehead atoms. The Bertz CT molecular complexity index is 1170. The smallest absolute Gasteiger partial charge is 0.288 e. The number of ketones is 1. The van der Waals surface area contributed by atoms with Crippen LogP contribution >= 0.6 is 11.6 Å². The van der Waals surface area contributed by atoms with E-state index in [4.69, 9.17) is 16.3 Å². The van der Waals surface area contributed by atoms with Crippen molar-refractivity contribution in [1.82, 2.24) is 0 Å². The second-order valence-electron chi connectivity index (χ2n) is 9.38. The van der Waals surface area contributed by atoms with Crippen molar-refractivity contribution in [1.29, 1.82) is 0 Å². The van der Waals surface area contributed by atoms with Crippen LogP contribution in [0.5, 0.6) is 11.5 Å². The number of aryl methyl sites for hydroxylation is 1. The lowest BCUT2D eigenvalue weighted by atomic mass is 9.58. The second-order valence-corrected chi connectivity index (χ2v) is 9.79. The van der Waals surface area contributed by atoms with Gasteiger partial charge in [0.2, 0.25) is 0 Å². The zero-order valence-corrected chi connectivity index (χ0v) is 19.3.